The molecule has 6 nitrogen and oxygen atoms in total. The van der Waals surface area contributed by atoms with Gasteiger partial charge in [-0.3, -0.25) is 15.5 Å². The third-order valence-corrected chi connectivity index (χ3v) is 4.14. The van der Waals surface area contributed by atoms with Crippen molar-refractivity contribution in [3.05, 3.63) is 58.2 Å². The van der Waals surface area contributed by atoms with E-state index in [1.54, 1.807) is 18.2 Å². The van der Waals surface area contributed by atoms with Crippen molar-refractivity contribution in [3.8, 4) is 0 Å². The number of nitro groups is 1. The number of hydrogen-bond donors (Lipinski definition) is 2. The molecule has 0 saturated heterocycles. The van der Waals surface area contributed by atoms with Crippen molar-refractivity contribution in [1.29, 1.82) is 0 Å². The fourth-order valence-electron chi connectivity index (χ4n) is 2.43. The van der Waals surface area contributed by atoms with Gasteiger partial charge < -0.3 is 5.32 Å². The Balaban J connectivity index is 2.05. The van der Waals surface area contributed by atoms with Gasteiger partial charge in [0.15, 0.2) is 5.11 Å². The number of benzene rings is 1. The van der Waals surface area contributed by atoms with Crippen LogP contribution in [0.25, 0.3) is 0 Å². The molecule has 0 aromatic heterocycles. The van der Waals surface area contributed by atoms with Crippen LogP contribution in [-0.4, -0.2) is 15.7 Å². The van der Waals surface area contributed by atoms with Crippen LogP contribution < -0.4 is 10.7 Å². The van der Waals surface area contributed by atoms with Crippen molar-refractivity contribution in [3.63, 3.8) is 0 Å². The van der Waals surface area contributed by atoms with Gasteiger partial charge in [0.2, 0.25) is 0 Å². The highest BCUT2D eigenvalue weighted by molar-refractivity contribution is 7.80. The Bertz CT molecular complexity index is 740. The Kier molecular flexibility index (Phi) is 5.81. The molecule has 0 bridgehead atoms. The van der Waals surface area contributed by atoms with Gasteiger partial charge in [0.25, 0.3) is 5.69 Å². The highest BCUT2D eigenvalue weighted by Crippen LogP contribution is 2.26. The molecule has 2 rings (SSSR count). The number of thiocarbonyl (C=S) groups is 1. The third kappa shape index (κ3) is 4.48. The quantitative estimate of drug-likeness (QED) is 0.371. The number of para-hydroxylation sites is 2. The molecule has 0 heterocycles. The van der Waals surface area contributed by atoms with Gasteiger partial charge in [-0.25, -0.2) is 0 Å². The predicted molar refractivity (Wildman–Crippen MR) is 101 cm³/mol. The van der Waals surface area contributed by atoms with Gasteiger partial charge in [-0.1, -0.05) is 30.4 Å². The fraction of sp³-hybridized carbons (Fsp3) is 0.294. The molecule has 0 unspecified atom stereocenters. The molecule has 1 aromatic carbocycles. The number of nitrogens with one attached hydrogen (secondary N) is 2. The van der Waals surface area contributed by atoms with E-state index >= 15 is 0 Å². The first kappa shape index (κ1) is 17.8. The maximum atomic E-state index is 11.0. The number of nitro benzene ring substituents is 1. The lowest BCUT2D eigenvalue weighted by Gasteiger charge is -2.22. The smallest absolute Gasteiger partial charge is 0.292 e. The second-order valence-corrected chi connectivity index (χ2v) is 6.18. The molecule has 0 radical (unpaired) electrons. The van der Waals surface area contributed by atoms with E-state index in [1.807, 2.05) is 13.8 Å². The van der Waals surface area contributed by atoms with Crippen LogP contribution in [0.2, 0.25) is 0 Å². The number of rotatable bonds is 4. The summed E-state index contributed by atoms with van der Waals surface area (Å²) in [4.78, 5) is 10.6. The molecule has 2 N–H and O–H groups in total. The Hall–Kier alpha value is -2.54. The standard InChI is InChI=1S/C17H20N4O2S/c1-11(2)13-9-8-12(3)15(10-13)19-20-17(24)18-14-6-4-5-7-16(14)21(22)23/h4-8,13H,1,9-10H2,2-3H3,(H2,18,20,24)/t13-/m1/s1. The lowest BCUT2D eigenvalue weighted by molar-refractivity contribution is -0.383. The highest BCUT2D eigenvalue weighted by Gasteiger charge is 2.19. The van der Waals surface area contributed by atoms with Crippen molar-refractivity contribution < 1.29 is 4.92 Å². The molecule has 1 aromatic rings. The molecular weight excluding hydrogens is 324 g/mol. The van der Waals surface area contributed by atoms with E-state index in [-0.39, 0.29) is 10.8 Å². The van der Waals surface area contributed by atoms with Gasteiger partial charge in [0.1, 0.15) is 5.69 Å². The number of nitrogens with zero attached hydrogens (tertiary/aromatic N) is 2. The van der Waals surface area contributed by atoms with E-state index < -0.39 is 4.92 Å². The lowest BCUT2D eigenvalue weighted by atomic mass is 9.85. The zero-order valence-corrected chi connectivity index (χ0v) is 14.5. The van der Waals surface area contributed by atoms with Crippen LogP contribution in [0, 0.1) is 16.0 Å². The summed E-state index contributed by atoms with van der Waals surface area (Å²) in [5.41, 5.74) is 6.22. The summed E-state index contributed by atoms with van der Waals surface area (Å²) >= 11 is 5.18. The maximum absolute atomic E-state index is 11.0. The summed E-state index contributed by atoms with van der Waals surface area (Å²) in [6.07, 6.45) is 3.92. The molecule has 24 heavy (non-hydrogen) atoms. The summed E-state index contributed by atoms with van der Waals surface area (Å²) in [6.45, 7) is 8.04. The molecule has 0 spiro atoms. The fourth-order valence-corrected chi connectivity index (χ4v) is 2.59. The minimum atomic E-state index is -0.456. The minimum absolute atomic E-state index is 0.0367. The predicted octanol–water partition coefficient (Wildman–Crippen LogP) is 4.17. The first-order valence-electron chi connectivity index (χ1n) is 7.58. The van der Waals surface area contributed by atoms with Crippen LogP contribution in [0.5, 0.6) is 0 Å². The molecule has 0 fully saturated rings. The van der Waals surface area contributed by atoms with E-state index in [0.29, 0.717) is 11.6 Å². The number of hydrogen-bond acceptors (Lipinski definition) is 4. The van der Waals surface area contributed by atoms with Crippen molar-refractivity contribution >= 4 is 34.4 Å². The summed E-state index contributed by atoms with van der Waals surface area (Å²) in [7, 11) is 0. The normalized spacial score (nSPS) is 18.7. The third-order valence-electron chi connectivity index (χ3n) is 3.94. The SMILES string of the molecule is C=C(C)[C@@H]1CC=C(C)C(=NNC(=S)Nc2ccccc2[N+](=O)[O-])C1. The van der Waals surface area contributed by atoms with E-state index in [1.165, 1.54) is 6.07 Å². The molecule has 1 aliphatic rings. The first-order valence-corrected chi connectivity index (χ1v) is 7.98. The van der Waals surface area contributed by atoms with Gasteiger partial charge in [-0.2, -0.15) is 5.10 Å². The maximum Gasteiger partial charge on any atom is 0.292 e. The van der Waals surface area contributed by atoms with Crippen LogP contribution in [0.4, 0.5) is 11.4 Å². The Morgan fingerprint density at radius 1 is 1.46 bits per heavy atom. The molecule has 0 amide bonds. The van der Waals surface area contributed by atoms with Gasteiger partial charge in [-0.05, 0) is 56.5 Å². The van der Waals surface area contributed by atoms with Crippen LogP contribution in [0.15, 0.2) is 53.2 Å². The summed E-state index contributed by atoms with van der Waals surface area (Å²) < 4.78 is 0. The summed E-state index contributed by atoms with van der Waals surface area (Å²) in [5.74, 6) is 0.381. The topological polar surface area (TPSA) is 79.6 Å². The van der Waals surface area contributed by atoms with Crippen molar-refractivity contribution in [2.45, 2.75) is 26.7 Å². The van der Waals surface area contributed by atoms with Crippen molar-refractivity contribution in [2.24, 2.45) is 11.0 Å². The highest BCUT2D eigenvalue weighted by atomic mass is 32.1. The molecule has 1 atom stereocenters. The Morgan fingerprint density at radius 2 is 2.17 bits per heavy atom. The number of anilines is 1. The largest absolute Gasteiger partial charge is 0.326 e. The van der Waals surface area contributed by atoms with Gasteiger partial charge in [0, 0.05) is 6.07 Å². The van der Waals surface area contributed by atoms with Gasteiger partial charge in [-0.15, -0.1) is 0 Å². The van der Waals surface area contributed by atoms with Gasteiger partial charge in [0.05, 0.1) is 10.6 Å². The Morgan fingerprint density at radius 3 is 2.83 bits per heavy atom. The summed E-state index contributed by atoms with van der Waals surface area (Å²) in [5, 5.41) is 18.4. The van der Waals surface area contributed by atoms with E-state index in [9.17, 15) is 10.1 Å². The monoisotopic (exact) mass is 344 g/mol. The number of allylic oxidation sites excluding steroid dienone is 3. The second kappa shape index (κ2) is 7.83. The molecule has 1 aliphatic carbocycles. The van der Waals surface area contributed by atoms with Crippen LogP contribution in [0.3, 0.4) is 0 Å². The first-order chi connectivity index (χ1) is 11.4. The lowest BCUT2D eigenvalue weighted by Crippen LogP contribution is -2.27. The molecule has 7 heteroatoms. The van der Waals surface area contributed by atoms with Crippen molar-refractivity contribution in [2.75, 3.05) is 5.32 Å². The number of hydrazone groups is 1. The second-order valence-electron chi connectivity index (χ2n) is 5.77. The summed E-state index contributed by atoms with van der Waals surface area (Å²) in [6, 6.07) is 6.33. The average Bonchev–Trinajstić information content (AvgIpc) is 2.54. The van der Waals surface area contributed by atoms with Crippen LogP contribution in [0.1, 0.15) is 26.7 Å². The zero-order chi connectivity index (χ0) is 17.7. The van der Waals surface area contributed by atoms with Gasteiger partial charge >= 0.3 is 0 Å². The van der Waals surface area contributed by atoms with Crippen LogP contribution in [-0.2, 0) is 0 Å². The van der Waals surface area contributed by atoms with E-state index in [2.05, 4.69) is 28.5 Å². The Labute approximate surface area is 146 Å². The van der Waals surface area contributed by atoms with Crippen molar-refractivity contribution in [1.82, 2.24) is 5.43 Å². The molecule has 126 valence electrons. The van der Waals surface area contributed by atoms with E-state index in [0.717, 1.165) is 29.7 Å². The zero-order valence-electron chi connectivity index (χ0n) is 13.7. The molecule has 0 saturated carbocycles. The average molecular weight is 344 g/mol. The van der Waals surface area contributed by atoms with E-state index in [4.69, 9.17) is 12.2 Å². The van der Waals surface area contributed by atoms with Crippen LogP contribution >= 0.6 is 12.2 Å². The molecule has 0 aliphatic heterocycles. The molecular formula is C17H20N4O2S. The minimum Gasteiger partial charge on any atom is -0.326 e.